The standard InChI is InChI=1S/C15H12FNO2/c16-10-4-6-11(13(8-10)15(18)19)12-5-3-9-2-1-7-17-14(9)12/h1-2,4,6-8,12H,3,5H2,(H,18,19). The Balaban J connectivity index is 2.12. The first-order chi connectivity index (χ1) is 9.16. The first-order valence-electron chi connectivity index (χ1n) is 6.13. The van der Waals surface area contributed by atoms with Gasteiger partial charge in [-0.05, 0) is 42.2 Å². The van der Waals surface area contributed by atoms with Gasteiger partial charge >= 0.3 is 5.97 Å². The number of rotatable bonds is 2. The number of carboxylic acids is 1. The van der Waals surface area contributed by atoms with Crippen LogP contribution in [0.3, 0.4) is 0 Å². The number of pyridine rings is 1. The Bertz CT molecular complexity index is 654. The molecule has 0 fully saturated rings. The topological polar surface area (TPSA) is 50.2 Å². The highest BCUT2D eigenvalue weighted by molar-refractivity contribution is 5.89. The van der Waals surface area contributed by atoms with Crippen molar-refractivity contribution in [1.29, 1.82) is 0 Å². The van der Waals surface area contributed by atoms with Gasteiger partial charge in [-0.1, -0.05) is 12.1 Å². The molecule has 19 heavy (non-hydrogen) atoms. The Morgan fingerprint density at radius 1 is 1.37 bits per heavy atom. The van der Waals surface area contributed by atoms with Gasteiger partial charge in [0.1, 0.15) is 5.82 Å². The summed E-state index contributed by atoms with van der Waals surface area (Å²) in [6.07, 6.45) is 3.41. The highest BCUT2D eigenvalue weighted by Crippen LogP contribution is 2.38. The molecule has 1 unspecified atom stereocenters. The van der Waals surface area contributed by atoms with E-state index in [1.165, 1.54) is 6.07 Å². The first kappa shape index (κ1) is 11.8. The van der Waals surface area contributed by atoms with Crippen molar-refractivity contribution in [2.45, 2.75) is 18.8 Å². The monoisotopic (exact) mass is 257 g/mol. The van der Waals surface area contributed by atoms with Crippen LogP contribution in [0, 0.1) is 5.82 Å². The lowest BCUT2D eigenvalue weighted by molar-refractivity contribution is 0.0694. The molecule has 1 atom stereocenters. The molecule has 0 saturated carbocycles. The van der Waals surface area contributed by atoms with Crippen molar-refractivity contribution in [3.8, 4) is 0 Å². The first-order valence-corrected chi connectivity index (χ1v) is 6.13. The summed E-state index contributed by atoms with van der Waals surface area (Å²) >= 11 is 0. The van der Waals surface area contributed by atoms with Gasteiger partial charge in [0, 0.05) is 12.1 Å². The smallest absolute Gasteiger partial charge is 0.336 e. The van der Waals surface area contributed by atoms with Crippen molar-refractivity contribution in [2.75, 3.05) is 0 Å². The highest BCUT2D eigenvalue weighted by Gasteiger charge is 2.28. The van der Waals surface area contributed by atoms with Crippen molar-refractivity contribution in [3.63, 3.8) is 0 Å². The average molecular weight is 257 g/mol. The summed E-state index contributed by atoms with van der Waals surface area (Å²) in [6.45, 7) is 0. The van der Waals surface area contributed by atoms with E-state index in [1.54, 1.807) is 12.3 Å². The lowest BCUT2D eigenvalue weighted by atomic mass is 9.92. The van der Waals surface area contributed by atoms with Crippen molar-refractivity contribution < 1.29 is 14.3 Å². The molecular formula is C15H12FNO2. The summed E-state index contributed by atoms with van der Waals surface area (Å²) in [6, 6.07) is 7.84. The quantitative estimate of drug-likeness (QED) is 0.899. The second kappa shape index (κ2) is 4.46. The van der Waals surface area contributed by atoms with Gasteiger partial charge in [0.15, 0.2) is 0 Å². The Morgan fingerprint density at radius 2 is 2.21 bits per heavy atom. The van der Waals surface area contributed by atoms with Crippen LogP contribution >= 0.6 is 0 Å². The van der Waals surface area contributed by atoms with Gasteiger partial charge in [0.05, 0.1) is 11.3 Å². The predicted molar refractivity (Wildman–Crippen MR) is 67.8 cm³/mol. The fourth-order valence-electron chi connectivity index (χ4n) is 2.73. The van der Waals surface area contributed by atoms with Crippen molar-refractivity contribution in [3.05, 3.63) is 64.7 Å². The van der Waals surface area contributed by atoms with Gasteiger partial charge in [-0.2, -0.15) is 0 Å². The van der Waals surface area contributed by atoms with Gasteiger partial charge in [0.25, 0.3) is 0 Å². The van der Waals surface area contributed by atoms with Crippen LogP contribution in [0.4, 0.5) is 4.39 Å². The molecule has 96 valence electrons. The van der Waals surface area contributed by atoms with Crippen LogP contribution in [0.2, 0.25) is 0 Å². The summed E-state index contributed by atoms with van der Waals surface area (Å²) in [5.41, 5.74) is 2.74. The number of aromatic carboxylic acids is 1. The third kappa shape index (κ3) is 1.99. The molecular weight excluding hydrogens is 245 g/mol. The Labute approximate surface area is 109 Å². The van der Waals surface area contributed by atoms with E-state index in [0.29, 0.717) is 5.56 Å². The molecule has 1 aromatic carbocycles. The summed E-state index contributed by atoms with van der Waals surface area (Å²) in [5, 5.41) is 9.21. The summed E-state index contributed by atoms with van der Waals surface area (Å²) in [5.74, 6) is -1.68. The number of halogens is 1. The fourth-order valence-corrected chi connectivity index (χ4v) is 2.73. The zero-order valence-electron chi connectivity index (χ0n) is 10.1. The molecule has 0 amide bonds. The maximum absolute atomic E-state index is 13.2. The lowest BCUT2D eigenvalue weighted by Gasteiger charge is -2.14. The predicted octanol–water partition coefficient (Wildman–Crippen LogP) is 3.00. The zero-order chi connectivity index (χ0) is 13.4. The van der Waals surface area contributed by atoms with Crippen molar-refractivity contribution in [1.82, 2.24) is 4.98 Å². The van der Waals surface area contributed by atoms with Gasteiger partial charge in [0.2, 0.25) is 0 Å². The third-order valence-electron chi connectivity index (χ3n) is 3.58. The Hall–Kier alpha value is -2.23. The number of benzene rings is 1. The Morgan fingerprint density at radius 3 is 3.00 bits per heavy atom. The second-order valence-corrected chi connectivity index (χ2v) is 4.68. The van der Waals surface area contributed by atoms with Crippen LogP contribution in [0.15, 0.2) is 36.5 Å². The average Bonchev–Trinajstić information content (AvgIpc) is 2.82. The van der Waals surface area contributed by atoms with Gasteiger partial charge < -0.3 is 5.11 Å². The number of hydrogen-bond acceptors (Lipinski definition) is 2. The highest BCUT2D eigenvalue weighted by atomic mass is 19.1. The van der Waals surface area contributed by atoms with Crippen LogP contribution < -0.4 is 0 Å². The largest absolute Gasteiger partial charge is 0.478 e. The number of hydrogen-bond donors (Lipinski definition) is 1. The molecule has 0 bridgehead atoms. The third-order valence-corrected chi connectivity index (χ3v) is 3.58. The van der Waals surface area contributed by atoms with E-state index in [1.807, 2.05) is 12.1 Å². The maximum atomic E-state index is 13.2. The minimum Gasteiger partial charge on any atom is -0.478 e. The van der Waals surface area contributed by atoms with E-state index >= 15 is 0 Å². The summed E-state index contributed by atoms with van der Waals surface area (Å²) in [4.78, 5) is 15.6. The fraction of sp³-hybridized carbons (Fsp3) is 0.200. The second-order valence-electron chi connectivity index (χ2n) is 4.68. The van der Waals surface area contributed by atoms with E-state index in [2.05, 4.69) is 4.98 Å². The molecule has 1 aliphatic rings. The number of carboxylic acid groups (broad SMARTS) is 1. The maximum Gasteiger partial charge on any atom is 0.336 e. The van der Waals surface area contributed by atoms with Gasteiger partial charge in [-0.3, -0.25) is 4.98 Å². The number of aryl methyl sites for hydroxylation is 1. The zero-order valence-corrected chi connectivity index (χ0v) is 10.1. The summed E-state index contributed by atoms with van der Waals surface area (Å²) in [7, 11) is 0. The minimum absolute atomic E-state index is 0.0310. The normalized spacial score (nSPS) is 17.2. The van der Waals surface area contributed by atoms with E-state index < -0.39 is 11.8 Å². The van der Waals surface area contributed by atoms with Crippen LogP contribution in [0.5, 0.6) is 0 Å². The molecule has 3 nitrogen and oxygen atoms in total. The molecule has 0 radical (unpaired) electrons. The van der Waals surface area contributed by atoms with E-state index in [9.17, 15) is 14.3 Å². The van der Waals surface area contributed by atoms with Crippen LogP contribution in [-0.2, 0) is 6.42 Å². The van der Waals surface area contributed by atoms with Crippen LogP contribution in [0.1, 0.15) is 39.5 Å². The van der Waals surface area contributed by atoms with Crippen molar-refractivity contribution in [2.24, 2.45) is 0 Å². The van der Waals surface area contributed by atoms with Crippen LogP contribution in [0.25, 0.3) is 0 Å². The van der Waals surface area contributed by atoms with Crippen LogP contribution in [-0.4, -0.2) is 16.1 Å². The molecule has 4 heteroatoms. The minimum atomic E-state index is -1.10. The van der Waals surface area contributed by atoms with E-state index in [4.69, 9.17) is 0 Å². The molecule has 0 spiro atoms. The van der Waals surface area contributed by atoms with Gasteiger partial charge in [-0.15, -0.1) is 0 Å². The molecule has 0 saturated heterocycles. The Kier molecular flexibility index (Phi) is 2.78. The number of carbonyl (C=O) groups is 1. The number of fused-ring (bicyclic) bond motifs is 1. The van der Waals surface area contributed by atoms with E-state index in [0.717, 1.165) is 30.2 Å². The molecule has 1 N–H and O–H groups in total. The van der Waals surface area contributed by atoms with E-state index in [-0.39, 0.29) is 11.5 Å². The number of nitrogens with zero attached hydrogens (tertiary/aromatic N) is 1. The van der Waals surface area contributed by atoms with Gasteiger partial charge in [-0.25, -0.2) is 9.18 Å². The lowest BCUT2D eigenvalue weighted by Crippen LogP contribution is -2.08. The summed E-state index contributed by atoms with van der Waals surface area (Å²) < 4.78 is 13.2. The molecule has 0 aliphatic heterocycles. The molecule has 1 aliphatic carbocycles. The molecule has 2 aromatic rings. The molecule has 3 rings (SSSR count). The number of aromatic nitrogens is 1. The molecule has 1 aromatic heterocycles. The molecule has 1 heterocycles. The SMILES string of the molecule is O=C(O)c1cc(F)ccc1C1CCc2cccnc21. The van der Waals surface area contributed by atoms with Crippen molar-refractivity contribution >= 4 is 5.97 Å².